The lowest BCUT2D eigenvalue weighted by molar-refractivity contribution is -0.117. The van der Waals surface area contributed by atoms with Crippen molar-refractivity contribution in [1.82, 2.24) is 4.90 Å². The molecular weight excluding hydrogens is 439 g/mol. The van der Waals surface area contributed by atoms with E-state index in [2.05, 4.69) is 22.0 Å². The molecule has 0 aromatic heterocycles. The van der Waals surface area contributed by atoms with Crippen LogP contribution in [0.4, 0.5) is 24.5 Å². The summed E-state index contributed by atoms with van der Waals surface area (Å²) in [5.74, 6) is -2.10. The third kappa shape index (κ3) is 4.23. The number of rotatable bonds is 4. The smallest absolute Gasteiger partial charge is 0.233 e. The van der Waals surface area contributed by atoms with E-state index in [1.165, 1.54) is 23.8 Å². The molecule has 0 saturated carbocycles. The minimum Gasteiger partial charge on any atom is -0.300 e. The summed E-state index contributed by atoms with van der Waals surface area (Å²) >= 11 is 0. The zero-order valence-electron chi connectivity index (χ0n) is 18.6. The molecule has 0 atom stereocenters. The molecule has 174 valence electrons. The number of halogens is 3. The second kappa shape index (κ2) is 9.06. The van der Waals surface area contributed by atoms with Crippen molar-refractivity contribution in [3.05, 3.63) is 95.8 Å². The Kier molecular flexibility index (Phi) is 5.96. The molecule has 2 fully saturated rings. The number of benzene rings is 3. The maximum Gasteiger partial charge on any atom is 0.233 e. The van der Waals surface area contributed by atoms with Gasteiger partial charge in [0.15, 0.2) is 5.82 Å². The van der Waals surface area contributed by atoms with Crippen LogP contribution >= 0.6 is 0 Å². The first-order chi connectivity index (χ1) is 16.4. The van der Waals surface area contributed by atoms with Gasteiger partial charge in [-0.2, -0.15) is 0 Å². The minimum absolute atomic E-state index is 0.00335. The lowest BCUT2D eigenvalue weighted by Gasteiger charge is -2.45. The van der Waals surface area contributed by atoms with E-state index in [1.54, 1.807) is 17.0 Å². The Balaban J connectivity index is 1.51. The summed E-state index contributed by atoms with van der Waals surface area (Å²) in [6.07, 6.45) is 1.15. The largest absolute Gasteiger partial charge is 0.300 e. The van der Waals surface area contributed by atoms with E-state index in [0.29, 0.717) is 37.3 Å². The normalized spacial score (nSPS) is 19.3. The van der Waals surface area contributed by atoms with E-state index in [1.807, 2.05) is 18.2 Å². The van der Waals surface area contributed by atoms with Gasteiger partial charge in [-0.15, -0.1) is 0 Å². The monoisotopic (exact) mass is 463 g/mol. The molecule has 2 saturated heterocycles. The third-order valence-electron chi connectivity index (χ3n) is 6.70. The maximum absolute atomic E-state index is 14.4. The van der Waals surface area contributed by atoms with Gasteiger partial charge in [0.05, 0.1) is 23.4 Å². The first-order valence-corrected chi connectivity index (χ1v) is 11.3. The lowest BCUT2D eigenvalue weighted by Crippen LogP contribution is -2.56. The van der Waals surface area contributed by atoms with Crippen LogP contribution in [0.1, 0.15) is 24.8 Å². The van der Waals surface area contributed by atoms with Crippen LogP contribution in [0, 0.1) is 17.5 Å². The van der Waals surface area contributed by atoms with Crippen molar-refractivity contribution < 1.29 is 18.0 Å². The Morgan fingerprint density at radius 2 is 1.59 bits per heavy atom. The summed E-state index contributed by atoms with van der Waals surface area (Å²) in [5, 5.41) is 0. The molecule has 34 heavy (non-hydrogen) atoms. The van der Waals surface area contributed by atoms with Crippen LogP contribution in [0.3, 0.4) is 0 Å². The van der Waals surface area contributed by atoms with E-state index < -0.39 is 23.0 Å². The highest BCUT2D eigenvalue weighted by atomic mass is 19.1. The van der Waals surface area contributed by atoms with Gasteiger partial charge in [0.1, 0.15) is 11.6 Å². The van der Waals surface area contributed by atoms with Crippen molar-refractivity contribution in [1.29, 1.82) is 0 Å². The minimum atomic E-state index is -0.793. The highest BCUT2D eigenvalue weighted by Gasteiger charge is 2.52. The van der Waals surface area contributed by atoms with Crippen molar-refractivity contribution in [2.45, 2.75) is 31.3 Å². The van der Waals surface area contributed by atoms with Crippen LogP contribution in [0.15, 0.2) is 77.8 Å². The second-order valence-corrected chi connectivity index (χ2v) is 8.83. The third-order valence-corrected chi connectivity index (χ3v) is 6.70. The highest BCUT2D eigenvalue weighted by Crippen LogP contribution is 2.42. The number of piperidine rings is 1. The number of hydrogen-bond acceptors (Lipinski definition) is 3. The maximum atomic E-state index is 14.4. The lowest BCUT2D eigenvalue weighted by atomic mass is 9.82. The molecule has 5 rings (SSSR count). The van der Waals surface area contributed by atoms with Gasteiger partial charge in [0.25, 0.3) is 0 Å². The molecule has 7 heteroatoms. The van der Waals surface area contributed by atoms with Crippen LogP contribution in [0.2, 0.25) is 0 Å². The van der Waals surface area contributed by atoms with E-state index in [0.717, 1.165) is 18.7 Å². The molecule has 3 aromatic carbocycles. The van der Waals surface area contributed by atoms with Crippen molar-refractivity contribution in [3.8, 4) is 0 Å². The highest BCUT2D eigenvalue weighted by molar-refractivity contribution is 6.22. The van der Waals surface area contributed by atoms with Crippen LogP contribution < -0.4 is 4.90 Å². The number of amides is 1. The van der Waals surface area contributed by atoms with Gasteiger partial charge in [-0.1, -0.05) is 36.4 Å². The average Bonchev–Trinajstić information content (AvgIpc) is 3.08. The quantitative estimate of drug-likeness (QED) is 0.502. The molecule has 1 spiro atoms. The molecule has 3 aromatic rings. The van der Waals surface area contributed by atoms with Crippen molar-refractivity contribution in [2.24, 2.45) is 4.99 Å². The van der Waals surface area contributed by atoms with Gasteiger partial charge >= 0.3 is 0 Å². The second-order valence-electron chi connectivity index (χ2n) is 8.83. The fourth-order valence-electron chi connectivity index (χ4n) is 5.06. The number of nitrogens with zero attached hydrogens (tertiary/aromatic N) is 3. The van der Waals surface area contributed by atoms with Crippen LogP contribution in [0.5, 0.6) is 0 Å². The Labute approximate surface area is 196 Å². The van der Waals surface area contributed by atoms with Crippen LogP contribution in [0.25, 0.3) is 0 Å². The Morgan fingerprint density at radius 3 is 2.29 bits per heavy atom. The summed E-state index contributed by atoms with van der Waals surface area (Å²) in [6, 6.07) is 19.3. The van der Waals surface area contributed by atoms with E-state index >= 15 is 0 Å². The summed E-state index contributed by atoms with van der Waals surface area (Å²) in [7, 11) is 0. The zero-order chi connectivity index (χ0) is 23.7. The molecule has 2 aliphatic rings. The number of anilines is 1. The molecule has 2 aliphatic heterocycles. The molecule has 1 amide bonds. The molecule has 0 unspecified atom stereocenters. The number of aliphatic imine (C=N–C) groups is 1. The topological polar surface area (TPSA) is 35.9 Å². The standard InChI is InChI=1S/C27H24F3N3O/c28-20-7-4-8-22(15-20)33-26(34)17-25(31-24-10-9-21(29)16-23(24)30)27(33)11-13-32(14-12-27)18-19-5-2-1-3-6-19/h1-10,15-16H,11-14,17-18H2. The molecule has 0 aliphatic carbocycles. The Hall–Kier alpha value is -3.45. The fourth-order valence-corrected chi connectivity index (χ4v) is 5.06. The van der Waals surface area contributed by atoms with Crippen molar-refractivity contribution in [3.63, 3.8) is 0 Å². The summed E-state index contributed by atoms with van der Waals surface area (Å²) in [4.78, 5) is 21.7. The fraction of sp³-hybridized carbons (Fsp3) is 0.259. The summed E-state index contributed by atoms with van der Waals surface area (Å²) < 4.78 is 41.9. The first kappa shape index (κ1) is 22.3. The summed E-state index contributed by atoms with van der Waals surface area (Å²) in [5.41, 5.74) is 1.40. The Morgan fingerprint density at radius 1 is 0.853 bits per heavy atom. The SMILES string of the molecule is O=C1CC(=Nc2ccc(F)cc2F)C2(CCN(Cc3ccccc3)CC2)N1c1cccc(F)c1. The van der Waals surface area contributed by atoms with E-state index in [9.17, 15) is 18.0 Å². The summed E-state index contributed by atoms with van der Waals surface area (Å²) in [6.45, 7) is 2.17. The van der Waals surface area contributed by atoms with Gasteiger partial charge in [-0.3, -0.25) is 14.7 Å². The number of likely N-dealkylation sites (tertiary alicyclic amines) is 1. The zero-order valence-corrected chi connectivity index (χ0v) is 18.6. The number of hydrogen-bond donors (Lipinski definition) is 0. The van der Waals surface area contributed by atoms with Crippen molar-refractivity contribution in [2.75, 3.05) is 18.0 Å². The van der Waals surface area contributed by atoms with Gasteiger partial charge < -0.3 is 4.90 Å². The van der Waals surface area contributed by atoms with Gasteiger partial charge in [0, 0.05) is 31.4 Å². The van der Waals surface area contributed by atoms with Gasteiger partial charge in [-0.05, 0) is 48.7 Å². The van der Waals surface area contributed by atoms with Gasteiger partial charge in [0.2, 0.25) is 5.91 Å². The van der Waals surface area contributed by atoms with Crippen LogP contribution in [-0.4, -0.2) is 35.1 Å². The molecular formula is C27H24F3N3O. The predicted octanol–water partition coefficient (Wildman–Crippen LogP) is 5.65. The van der Waals surface area contributed by atoms with E-state index in [4.69, 9.17) is 0 Å². The predicted molar refractivity (Wildman–Crippen MR) is 126 cm³/mol. The molecule has 2 heterocycles. The number of carbonyl (C=O) groups excluding carboxylic acids is 1. The molecule has 0 radical (unpaired) electrons. The first-order valence-electron chi connectivity index (χ1n) is 11.3. The van der Waals surface area contributed by atoms with Crippen molar-refractivity contribution >= 4 is 23.0 Å². The molecule has 0 N–H and O–H groups in total. The van der Waals surface area contributed by atoms with Crippen LogP contribution in [-0.2, 0) is 11.3 Å². The van der Waals surface area contributed by atoms with E-state index in [-0.39, 0.29) is 18.0 Å². The molecule has 4 nitrogen and oxygen atoms in total. The number of carbonyl (C=O) groups is 1. The van der Waals surface area contributed by atoms with Gasteiger partial charge in [-0.25, -0.2) is 13.2 Å². The Bertz CT molecular complexity index is 1240. The molecule has 0 bridgehead atoms. The average molecular weight is 464 g/mol.